The normalized spacial score (nSPS) is 9.95. The van der Waals surface area contributed by atoms with E-state index < -0.39 is 5.97 Å². The molecular formula is C13H11N3O3. The molecule has 0 amide bonds. The Labute approximate surface area is 109 Å². The number of carboxylic acids is 1. The summed E-state index contributed by atoms with van der Waals surface area (Å²) in [6.45, 7) is 1.77. The van der Waals surface area contributed by atoms with Crippen LogP contribution in [0.2, 0.25) is 0 Å². The molecule has 0 fully saturated rings. The maximum absolute atomic E-state index is 11.1. The number of aromatic nitrogens is 1. The molecule has 1 aromatic heterocycles. The number of nitroso groups, excluding NO2 is 1. The van der Waals surface area contributed by atoms with Gasteiger partial charge >= 0.3 is 5.97 Å². The smallest absolute Gasteiger partial charge is 0.339 e. The Balaban J connectivity index is 2.33. The van der Waals surface area contributed by atoms with Crippen molar-refractivity contribution in [3.63, 3.8) is 0 Å². The van der Waals surface area contributed by atoms with Crippen molar-refractivity contribution >= 4 is 23.2 Å². The van der Waals surface area contributed by atoms with E-state index in [9.17, 15) is 9.70 Å². The van der Waals surface area contributed by atoms with Gasteiger partial charge in [-0.2, -0.15) is 0 Å². The van der Waals surface area contributed by atoms with Crippen LogP contribution in [0.15, 0.2) is 41.6 Å². The summed E-state index contributed by atoms with van der Waals surface area (Å²) in [4.78, 5) is 25.5. The second-order valence-corrected chi connectivity index (χ2v) is 3.92. The predicted molar refractivity (Wildman–Crippen MR) is 71.1 cm³/mol. The highest BCUT2D eigenvalue weighted by Crippen LogP contribution is 2.22. The Kier molecular flexibility index (Phi) is 3.51. The van der Waals surface area contributed by atoms with E-state index in [-0.39, 0.29) is 11.4 Å². The van der Waals surface area contributed by atoms with Gasteiger partial charge in [0, 0.05) is 11.4 Å². The molecule has 0 radical (unpaired) electrons. The third-order valence-corrected chi connectivity index (χ3v) is 2.50. The number of nitrogens with one attached hydrogen (secondary N) is 1. The Morgan fingerprint density at radius 3 is 2.47 bits per heavy atom. The zero-order valence-corrected chi connectivity index (χ0v) is 10.1. The number of anilines is 2. The van der Waals surface area contributed by atoms with Crippen molar-refractivity contribution in [1.29, 1.82) is 0 Å². The van der Waals surface area contributed by atoms with Gasteiger partial charge in [-0.1, -0.05) is 0 Å². The molecule has 6 heteroatoms. The topological polar surface area (TPSA) is 91.6 Å². The highest BCUT2D eigenvalue weighted by molar-refractivity contribution is 5.94. The van der Waals surface area contributed by atoms with Crippen molar-refractivity contribution in [2.75, 3.05) is 5.32 Å². The average Bonchev–Trinajstić information content (AvgIpc) is 2.39. The fraction of sp³-hybridized carbons (Fsp3) is 0.0769. The Morgan fingerprint density at radius 1 is 1.21 bits per heavy atom. The third-order valence-electron chi connectivity index (χ3n) is 2.50. The molecule has 0 saturated heterocycles. The monoisotopic (exact) mass is 257 g/mol. The SMILES string of the molecule is Cc1ccc(C(=O)O)c(Nc2ccc(N=O)cc2)n1. The number of rotatable bonds is 4. The molecule has 6 nitrogen and oxygen atoms in total. The predicted octanol–water partition coefficient (Wildman–Crippen LogP) is 3.23. The summed E-state index contributed by atoms with van der Waals surface area (Å²) in [5.41, 5.74) is 1.73. The van der Waals surface area contributed by atoms with Gasteiger partial charge in [0.05, 0.1) is 0 Å². The maximum Gasteiger partial charge on any atom is 0.339 e. The molecule has 0 spiro atoms. The van der Waals surface area contributed by atoms with Gasteiger partial charge in [0.1, 0.15) is 17.1 Å². The summed E-state index contributed by atoms with van der Waals surface area (Å²) < 4.78 is 0. The van der Waals surface area contributed by atoms with Gasteiger partial charge in [-0.15, -0.1) is 4.91 Å². The third kappa shape index (κ3) is 2.92. The minimum absolute atomic E-state index is 0.0863. The molecular weight excluding hydrogens is 246 g/mol. The highest BCUT2D eigenvalue weighted by atomic mass is 16.4. The molecule has 2 rings (SSSR count). The van der Waals surface area contributed by atoms with Crippen molar-refractivity contribution in [3.8, 4) is 0 Å². The van der Waals surface area contributed by atoms with Crippen molar-refractivity contribution < 1.29 is 9.90 Å². The van der Waals surface area contributed by atoms with Crippen LogP contribution in [0.25, 0.3) is 0 Å². The molecule has 2 N–H and O–H groups in total. The summed E-state index contributed by atoms with van der Waals surface area (Å²) in [6, 6.07) is 9.46. The van der Waals surface area contributed by atoms with Gasteiger partial charge < -0.3 is 10.4 Å². The molecule has 0 atom stereocenters. The lowest BCUT2D eigenvalue weighted by atomic mass is 10.2. The number of pyridine rings is 1. The van der Waals surface area contributed by atoms with Crippen LogP contribution in [0.1, 0.15) is 16.1 Å². The van der Waals surface area contributed by atoms with Crippen molar-refractivity contribution in [3.05, 3.63) is 52.6 Å². The van der Waals surface area contributed by atoms with E-state index in [0.29, 0.717) is 17.1 Å². The average molecular weight is 257 g/mol. The molecule has 0 bridgehead atoms. The first-order valence-electron chi connectivity index (χ1n) is 5.51. The van der Waals surface area contributed by atoms with Gasteiger partial charge in [0.2, 0.25) is 0 Å². The number of aromatic carboxylic acids is 1. The van der Waals surface area contributed by atoms with Crippen LogP contribution in [-0.4, -0.2) is 16.1 Å². The quantitative estimate of drug-likeness (QED) is 0.820. The van der Waals surface area contributed by atoms with Crippen molar-refractivity contribution in [2.24, 2.45) is 5.18 Å². The number of carbonyl (C=O) groups is 1. The summed E-state index contributed by atoms with van der Waals surface area (Å²) >= 11 is 0. The molecule has 2 aromatic rings. The summed E-state index contributed by atoms with van der Waals surface area (Å²) in [5.74, 6) is -0.791. The van der Waals surface area contributed by atoms with E-state index >= 15 is 0 Å². The van der Waals surface area contributed by atoms with Gasteiger partial charge in [-0.25, -0.2) is 9.78 Å². The molecule has 0 aliphatic rings. The number of carboxylic acid groups (broad SMARTS) is 1. The Morgan fingerprint density at radius 2 is 1.89 bits per heavy atom. The van der Waals surface area contributed by atoms with Gasteiger partial charge in [0.25, 0.3) is 0 Å². The van der Waals surface area contributed by atoms with Crippen molar-refractivity contribution in [2.45, 2.75) is 6.92 Å². The summed E-state index contributed by atoms with van der Waals surface area (Å²) in [5, 5.41) is 14.8. The maximum atomic E-state index is 11.1. The van der Waals surface area contributed by atoms with E-state index in [1.165, 1.54) is 18.2 Å². The molecule has 0 aliphatic heterocycles. The summed E-state index contributed by atoms with van der Waals surface area (Å²) in [6.07, 6.45) is 0. The van der Waals surface area contributed by atoms with Crippen LogP contribution < -0.4 is 5.32 Å². The number of benzene rings is 1. The molecule has 1 aromatic carbocycles. The molecule has 0 unspecified atom stereocenters. The number of nitrogens with zero attached hydrogens (tertiary/aromatic N) is 2. The van der Waals surface area contributed by atoms with Crippen LogP contribution in [0.3, 0.4) is 0 Å². The first-order chi connectivity index (χ1) is 9.10. The van der Waals surface area contributed by atoms with E-state index in [1.807, 2.05) is 0 Å². The molecule has 96 valence electrons. The second-order valence-electron chi connectivity index (χ2n) is 3.92. The molecule has 19 heavy (non-hydrogen) atoms. The Hall–Kier alpha value is -2.76. The minimum atomic E-state index is -1.05. The van der Waals surface area contributed by atoms with Crippen molar-refractivity contribution in [1.82, 2.24) is 4.98 Å². The highest BCUT2D eigenvalue weighted by Gasteiger charge is 2.11. The van der Waals surface area contributed by atoms with Crippen LogP contribution >= 0.6 is 0 Å². The molecule has 0 aliphatic carbocycles. The Bertz CT molecular complexity index is 624. The zero-order chi connectivity index (χ0) is 13.8. The fourth-order valence-electron chi connectivity index (χ4n) is 1.57. The van der Waals surface area contributed by atoms with Gasteiger partial charge in [-0.3, -0.25) is 0 Å². The lowest BCUT2D eigenvalue weighted by Gasteiger charge is -2.09. The van der Waals surface area contributed by atoms with E-state index in [0.717, 1.165) is 0 Å². The second kappa shape index (κ2) is 5.26. The van der Waals surface area contributed by atoms with E-state index in [1.54, 1.807) is 25.1 Å². The first-order valence-corrected chi connectivity index (χ1v) is 5.51. The van der Waals surface area contributed by atoms with Crippen LogP contribution in [0, 0.1) is 11.8 Å². The fourth-order valence-corrected chi connectivity index (χ4v) is 1.57. The van der Waals surface area contributed by atoms with E-state index in [4.69, 9.17) is 5.11 Å². The number of hydrogen-bond donors (Lipinski definition) is 2. The summed E-state index contributed by atoms with van der Waals surface area (Å²) in [7, 11) is 0. The van der Waals surface area contributed by atoms with E-state index in [2.05, 4.69) is 15.5 Å². The van der Waals surface area contributed by atoms with Crippen LogP contribution in [0.4, 0.5) is 17.2 Å². The van der Waals surface area contributed by atoms with Crippen LogP contribution in [-0.2, 0) is 0 Å². The molecule has 0 saturated carbocycles. The number of aryl methyl sites for hydroxylation is 1. The zero-order valence-electron chi connectivity index (χ0n) is 10.1. The van der Waals surface area contributed by atoms with Gasteiger partial charge in [-0.05, 0) is 48.5 Å². The first kappa shape index (κ1) is 12.7. The number of hydrogen-bond acceptors (Lipinski definition) is 5. The molecule has 1 heterocycles. The lowest BCUT2D eigenvalue weighted by molar-refractivity contribution is 0.0697. The largest absolute Gasteiger partial charge is 0.478 e. The lowest BCUT2D eigenvalue weighted by Crippen LogP contribution is -2.05. The standard InChI is InChI=1S/C13H11N3O3/c1-8-2-7-11(13(17)18)12(14-8)15-9-3-5-10(16-19)6-4-9/h2-7H,1H3,(H,14,15)(H,17,18). The minimum Gasteiger partial charge on any atom is -0.478 e. The van der Waals surface area contributed by atoms with Gasteiger partial charge in [0.15, 0.2) is 0 Å². The van der Waals surface area contributed by atoms with Crippen LogP contribution in [0.5, 0.6) is 0 Å².